The van der Waals surface area contributed by atoms with E-state index < -0.39 is 0 Å². The molecule has 0 saturated carbocycles. The van der Waals surface area contributed by atoms with Crippen molar-refractivity contribution < 1.29 is 9.21 Å². The quantitative estimate of drug-likeness (QED) is 0.344. The number of furan rings is 1. The molecule has 1 amide bonds. The molecule has 5 rings (SSSR count). The summed E-state index contributed by atoms with van der Waals surface area (Å²) >= 11 is 11.7. The summed E-state index contributed by atoms with van der Waals surface area (Å²) in [5, 5.41) is 7.38. The summed E-state index contributed by atoms with van der Waals surface area (Å²) < 4.78 is 6.28. The van der Waals surface area contributed by atoms with Gasteiger partial charge in [0.25, 0.3) is 0 Å². The Balaban J connectivity index is 1.46. The van der Waals surface area contributed by atoms with Crippen LogP contribution in [0.15, 0.2) is 95.5 Å². The van der Waals surface area contributed by atoms with E-state index in [0.717, 1.165) is 16.9 Å². The second-order valence-corrected chi connectivity index (χ2v) is 8.70. The monoisotopic (exact) mass is 488 g/mol. The number of nitrogens with zero attached hydrogens (tertiary/aromatic N) is 2. The van der Waals surface area contributed by atoms with Gasteiger partial charge in [-0.05, 0) is 72.9 Å². The van der Waals surface area contributed by atoms with Crippen LogP contribution in [-0.4, -0.2) is 27.4 Å². The van der Waals surface area contributed by atoms with Gasteiger partial charge in [-0.25, -0.2) is 0 Å². The summed E-state index contributed by atoms with van der Waals surface area (Å²) in [5.41, 5.74) is 2.45. The first-order chi connectivity index (χ1) is 16.6. The number of pyridine rings is 1. The van der Waals surface area contributed by atoms with Gasteiger partial charge < -0.3 is 20.0 Å². The Morgan fingerprint density at radius 3 is 2.53 bits per heavy atom. The number of thiocarbonyl (C=S) groups is 1. The number of anilines is 1. The van der Waals surface area contributed by atoms with E-state index in [9.17, 15) is 4.79 Å². The van der Waals surface area contributed by atoms with Crippen LogP contribution in [0.25, 0.3) is 11.3 Å². The van der Waals surface area contributed by atoms with Crippen molar-refractivity contribution in [3.05, 3.63) is 108 Å². The SMILES string of the molecule is O=C(CN1C(=S)N[C@H](c2ccccn2)[C@H]1c1ccc(-c2ccc(Cl)cc2)o1)Nc1ccccc1. The van der Waals surface area contributed by atoms with E-state index in [4.69, 9.17) is 28.2 Å². The van der Waals surface area contributed by atoms with E-state index in [-0.39, 0.29) is 24.5 Å². The lowest BCUT2D eigenvalue weighted by atomic mass is 10.0. The Kier molecular flexibility index (Phi) is 6.29. The van der Waals surface area contributed by atoms with Crippen LogP contribution in [-0.2, 0) is 4.79 Å². The number of halogens is 1. The van der Waals surface area contributed by atoms with E-state index in [1.807, 2.05) is 89.8 Å². The molecule has 1 fully saturated rings. The third-order valence-electron chi connectivity index (χ3n) is 5.62. The molecule has 2 N–H and O–H groups in total. The van der Waals surface area contributed by atoms with Crippen molar-refractivity contribution in [3.8, 4) is 11.3 Å². The van der Waals surface area contributed by atoms with Gasteiger partial charge in [0.1, 0.15) is 24.1 Å². The van der Waals surface area contributed by atoms with Crippen molar-refractivity contribution >= 4 is 40.5 Å². The number of nitrogens with one attached hydrogen (secondary N) is 2. The second kappa shape index (κ2) is 9.67. The standard InChI is InChI=1S/C26H21ClN4O2S/c27-18-11-9-17(10-12-18)21-13-14-22(33-21)25-24(20-8-4-5-15-28-20)30-26(34)31(25)16-23(32)29-19-6-2-1-3-7-19/h1-15,24-25H,16H2,(H,29,32)(H,30,34)/t24-,25-/m1/s1. The van der Waals surface area contributed by atoms with E-state index >= 15 is 0 Å². The van der Waals surface area contributed by atoms with Crippen molar-refractivity contribution in [2.24, 2.45) is 0 Å². The van der Waals surface area contributed by atoms with Crippen LogP contribution < -0.4 is 10.6 Å². The number of aromatic nitrogens is 1. The van der Waals surface area contributed by atoms with E-state index in [1.165, 1.54) is 0 Å². The van der Waals surface area contributed by atoms with Gasteiger partial charge in [0.15, 0.2) is 5.11 Å². The van der Waals surface area contributed by atoms with Gasteiger partial charge >= 0.3 is 0 Å². The van der Waals surface area contributed by atoms with Crippen molar-refractivity contribution in [1.29, 1.82) is 0 Å². The van der Waals surface area contributed by atoms with Gasteiger partial charge in [0.2, 0.25) is 5.91 Å². The Morgan fingerprint density at radius 1 is 1.03 bits per heavy atom. The molecular weight excluding hydrogens is 468 g/mol. The van der Waals surface area contributed by atoms with Gasteiger partial charge in [-0.2, -0.15) is 0 Å². The maximum atomic E-state index is 12.9. The van der Waals surface area contributed by atoms with Crippen LogP contribution in [0, 0.1) is 0 Å². The van der Waals surface area contributed by atoms with E-state index in [2.05, 4.69) is 15.6 Å². The Labute approximate surface area is 207 Å². The van der Waals surface area contributed by atoms with Crippen LogP contribution in [0.4, 0.5) is 5.69 Å². The normalized spacial score (nSPS) is 17.4. The predicted molar refractivity (Wildman–Crippen MR) is 136 cm³/mol. The van der Waals surface area contributed by atoms with E-state index in [0.29, 0.717) is 21.7 Å². The average Bonchev–Trinajstić information content (AvgIpc) is 3.46. The molecule has 3 heterocycles. The minimum atomic E-state index is -0.357. The number of para-hydroxylation sites is 1. The van der Waals surface area contributed by atoms with Crippen LogP contribution in [0.2, 0.25) is 5.02 Å². The van der Waals surface area contributed by atoms with Gasteiger partial charge in [0, 0.05) is 22.5 Å². The fourth-order valence-corrected chi connectivity index (χ4v) is 4.47. The van der Waals surface area contributed by atoms with Crippen molar-refractivity contribution in [2.45, 2.75) is 12.1 Å². The first-order valence-electron chi connectivity index (χ1n) is 10.8. The molecule has 6 nitrogen and oxygen atoms in total. The first kappa shape index (κ1) is 22.1. The molecule has 2 aromatic carbocycles. The number of hydrogen-bond donors (Lipinski definition) is 2. The summed E-state index contributed by atoms with van der Waals surface area (Å²) in [4.78, 5) is 19.3. The lowest BCUT2D eigenvalue weighted by Crippen LogP contribution is -2.36. The first-order valence-corrected chi connectivity index (χ1v) is 11.6. The van der Waals surface area contributed by atoms with Gasteiger partial charge in [0.05, 0.1) is 11.7 Å². The fourth-order valence-electron chi connectivity index (χ4n) is 4.04. The highest BCUT2D eigenvalue weighted by molar-refractivity contribution is 7.80. The summed E-state index contributed by atoms with van der Waals surface area (Å²) in [6.07, 6.45) is 1.74. The lowest BCUT2D eigenvalue weighted by Gasteiger charge is -2.25. The third-order valence-corrected chi connectivity index (χ3v) is 6.22. The Bertz CT molecular complexity index is 1300. The summed E-state index contributed by atoms with van der Waals surface area (Å²) in [7, 11) is 0. The molecule has 2 aromatic heterocycles. The Hall–Kier alpha value is -3.68. The molecule has 1 saturated heterocycles. The molecule has 8 heteroatoms. The molecule has 0 aliphatic carbocycles. The summed E-state index contributed by atoms with van der Waals surface area (Å²) in [6.45, 7) is 0.0612. The zero-order valence-corrected chi connectivity index (χ0v) is 19.6. The predicted octanol–water partition coefficient (Wildman–Crippen LogP) is 5.61. The third kappa shape index (κ3) is 4.66. The van der Waals surface area contributed by atoms with Crippen molar-refractivity contribution in [2.75, 3.05) is 11.9 Å². The number of rotatable bonds is 6. The summed E-state index contributed by atoms with van der Waals surface area (Å²) in [6, 6.07) is 25.7. The molecular formula is C26H21ClN4O2S. The second-order valence-electron chi connectivity index (χ2n) is 7.88. The largest absolute Gasteiger partial charge is 0.459 e. The highest BCUT2D eigenvalue weighted by Crippen LogP contribution is 2.40. The maximum Gasteiger partial charge on any atom is 0.244 e. The molecule has 0 unspecified atom stereocenters. The van der Waals surface area contributed by atoms with Crippen LogP contribution in [0.1, 0.15) is 23.5 Å². The molecule has 1 aliphatic rings. The van der Waals surface area contributed by atoms with Crippen LogP contribution in [0.3, 0.4) is 0 Å². The zero-order chi connectivity index (χ0) is 23.5. The number of carbonyl (C=O) groups excluding carboxylic acids is 1. The molecule has 4 aromatic rings. The maximum absolute atomic E-state index is 12.9. The molecule has 34 heavy (non-hydrogen) atoms. The van der Waals surface area contributed by atoms with Gasteiger partial charge in [-0.3, -0.25) is 9.78 Å². The molecule has 0 spiro atoms. The minimum absolute atomic E-state index is 0.0612. The molecule has 170 valence electrons. The fraction of sp³-hybridized carbons (Fsp3) is 0.115. The van der Waals surface area contributed by atoms with Crippen LogP contribution >= 0.6 is 23.8 Å². The van der Waals surface area contributed by atoms with Crippen molar-refractivity contribution in [1.82, 2.24) is 15.2 Å². The molecule has 2 atom stereocenters. The Morgan fingerprint density at radius 2 is 1.79 bits per heavy atom. The minimum Gasteiger partial charge on any atom is -0.459 e. The van der Waals surface area contributed by atoms with Gasteiger partial charge in [-0.1, -0.05) is 35.9 Å². The number of hydrogen-bond acceptors (Lipinski definition) is 4. The average molecular weight is 489 g/mol. The number of benzene rings is 2. The van der Waals surface area contributed by atoms with Gasteiger partial charge in [-0.15, -0.1) is 0 Å². The zero-order valence-electron chi connectivity index (χ0n) is 18.0. The smallest absolute Gasteiger partial charge is 0.244 e. The number of carbonyl (C=O) groups is 1. The highest BCUT2D eigenvalue weighted by Gasteiger charge is 2.42. The van der Waals surface area contributed by atoms with Crippen LogP contribution in [0.5, 0.6) is 0 Å². The topological polar surface area (TPSA) is 70.4 Å². The molecule has 1 aliphatic heterocycles. The highest BCUT2D eigenvalue weighted by atomic mass is 35.5. The molecule has 0 bridgehead atoms. The molecule has 0 radical (unpaired) electrons. The van der Waals surface area contributed by atoms with E-state index in [1.54, 1.807) is 6.20 Å². The van der Waals surface area contributed by atoms with Crippen molar-refractivity contribution in [3.63, 3.8) is 0 Å². The summed E-state index contributed by atoms with van der Waals surface area (Å²) in [5.74, 6) is 1.21. The number of amides is 1. The lowest BCUT2D eigenvalue weighted by molar-refractivity contribution is -0.116.